The fourth-order valence-electron chi connectivity index (χ4n) is 6.81. The lowest BCUT2D eigenvalue weighted by Gasteiger charge is -2.38. The van der Waals surface area contributed by atoms with Gasteiger partial charge in [0.15, 0.2) is 0 Å². The van der Waals surface area contributed by atoms with Crippen molar-refractivity contribution in [1.29, 1.82) is 0 Å². The number of aliphatic imine (C=N–C) groups is 2. The predicted octanol–water partition coefficient (Wildman–Crippen LogP) is 7.07. The van der Waals surface area contributed by atoms with Crippen molar-refractivity contribution in [2.24, 2.45) is 32.7 Å². The monoisotopic (exact) mass is 475 g/mol. The molecule has 1 aromatic carbocycles. The number of hydrogen-bond acceptors (Lipinski definition) is 3. The maximum Gasteiger partial charge on any atom is 0.431 e. The first-order chi connectivity index (χ1) is 16.0. The summed E-state index contributed by atoms with van der Waals surface area (Å²) in [5.41, 5.74) is 2.04. The molecule has 4 aliphatic rings. The maximum atomic E-state index is 14.4. The molecule has 0 spiro atoms. The summed E-state index contributed by atoms with van der Waals surface area (Å²) in [6.45, 7) is 8.87. The summed E-state index contributed by atoms with van der Waals surface area (Å²) < 4.78 is 53.9. The predicted molar refractivity (Wildman–Crippen MR) is 128 cm³/mol. The molecule has 1 aromatic rings. The van der Waals surface area contributed by atoms with Crippen molar-refractivity contribution in [2.75, 3.05) is 18.0 Å². The molecule has 3 saturated carbocycles. The van der Waals surface area contributed by atoms with Gasteiger partial charge in [0.2, 0.25) is 0 Å². The van der Waals surface area contributed by atoms with Crippen LogP contribution in [0.25, 0.3) is 0 Å². The third-order valence-electron chi connectivity index (χ3n) is 8.81. The van der Waals surface area contributed by atoms with E-state index >= 15 is 0 Å². The Morgan fingerprint density at radius 1 is 1.18 bits per heavy atom. The lowest BCUT2D eigenvalue weighted by molar-refractivity contribution is -0.0592. The number of hydrogen-bond donors (Lipinski definition) is 0. The molecule has 3 unspecified atom stereocenters. The Morgan fingerprint density at radius 2 is 1.91 bits per heavy atom. The highest BCUT2D eigenvalue weighted by atomic mass is 19.4. The van der Waals surface area contributed by atoms with Crippen LogP contribution < -0.4 is 4.90 Å². The first kappa shape index (κ1) is 23.6. The molecule has 0 amide bonds. The second-order valence-electron chi connectivity index (χ2n) is 11.2. The lowest BCUT2D eigenvalue weighted by atomic mass is 9.81. The fraction of sp³-hybridized carbons (Fsp3) is 0.630. The smallest absolute Gasteiger partial charge is 0.345 e. The van der Waals surface area contributed by atoms with Crippen LogP contribution in [0.1, 0.15) is 57.4 Å². The Hall–Kier alpha value is -2.18. The fourth-order valence-corrected chi connectivity index (χ4v) is 6.81. The molecule has 1 heterocycles. The molecule has 1 aliphatic heterocycles. The molecule has 3 aliphatic carbocycles. The van der Waals surface area contributed by atoms with Gasteiger partial charge in [-0.25, -0.2) is 9.38 Å². The van der Waals surface area contributed by atoms with Gasteiger partial charge in [-0.3, -0.25) is 4.99 Å². The molecule has 3 fully saturated rings. The average Bonchev–Trinajstić information content (AvgIpc) is 3.55. The van der Waals surface area contributed by atoms with E-state index in [1.165, 1.54) is 0 Å². The summed E-state index contributed by atoms with van der Waals surface area (Å²) in [6, 6.07) is 8.32. The third kappa shape index (κ3) is 4.09. The zero-order valence-corrected chi connectivity index (χ0v) is 20.0. The van der Waals surface area contributed by atoms with E-state index in [1.807, 2.05) is 13.0 Å². The Morgan fingerprint density at radius 3 is 2.50 bits per heavy atom. The van der Waals surface area contributed by atoms with Crippen LogP contribution >= 0.6 is 0 Å². The quantitative estimate of drug-likeness (QED) is 0.405. The number of fused-ring (bicyclic) bond motifs is 2. The maximum absolute atomic E-state index is 14.4. The van der Waals surface area contributed by atoms with Crippen molar-refractivity contribution < 1.29 is 17.6 Å². The van der Waals surface area contributed by atoms with Crippen LogP contribution in [0, 0.1) is 29.6 Å². The molecule has 0 aromatic heterocycles. The molecule has 34 heavy (non-hydrogen) atoms. The van der Waals surface area contributed by atoms with E-state index in [0.29, 0.717) is 12.3 Å². The van der Waals surface area contributed by atoms with Crippen LogP contribution in [0.15, 0.2) is 46.5 Å². The minimum absolute atomic E-state index is 0.0228. The summed E-state index contributed by atoms with van der Waals surface area (Å²) in [5.74, 6) is 0.545. The number of nitrogens with zero attached hydrogens (tertiary/aromatic N) is 3. The lowest BCUT2D eigenvalue weighted by Crippen LogP contribution is -2.36. The highest BCUT2D eigenvalue weighted by Crippen LogP contribution is 2.63. The standard InChI is InChI=1S/C27H33F4N3/c1-17-5-4-6-21(11-17)34(19(3)20-12-18(2)22(28)13-20)16-25-7-9-26(15-25,10-8-25)24-32-14-23(33-24)27(29,30)31/h4-6,11,18,20,22H,3,7-10,12-16H2,1-2H3. The number of alkyl halides is 4. The Bertz CT molecular complexity index is 1020. The number of anilines is 1. The van der Waals surface area contributed by atoms with Crippen molar-refractivity contribution in [1.82, 2.24) is 0 Å². The first-order valence-electron chi connectivity index (χ1n) is 12.4. The van der Waals surface area contributed by atoms with Crippen LogP contribution in [0.2, 0.25) is 0 Å². The molecule has 5 rings (SSSR count). The number of benzene rings is 1. The van der Waals surface area contributed by atoms with E-state index in [1.54, 1.807) is 0 Å². The van der Waals surface area contributed by atoms with Crippen molar-refractivity contribution in [3.63, 3.8) is 0 Å². The topological polar surface area (TPSA) is 28.0 Å². The van der Waals surface area contributed by atoms with Crippen molar-refractivity contribution >= 4 is 17.2 Å². The molecule has 184 valence electrons. The second-order valence-corrected chi connectivity index (χ2v) is 11.2. The number of halogens is 4. The van der Waals surface area contributed by atoms with Crippen LogP contribution in [0.3, 0.4) is 0 Å². The normalized spacial score (nSPS) is 34.9. The number of rotatable bonds is 6. The van der Waals surface area contributed by atoms with Gasteiger partial charge in [0.1, 0.15) is 17.7 Å². The molecular formula is C27H33F4N3. The van der Waals surface area contributed by atoms with Crippen LogP contribution in [-0.4, -0.2) is 37.0 Å². The van der Waals surface area contributed by atoms with Crippen molar-refractivity contribution in [3.8, 4) is 0 Å². The molecule has 7 heteroatoms. The van der Waals surface area contributed by atoms with Crippen LogP contribution in [0.4, 0.5) is 23.2 Å². The van der Waals surface area contributed by atoms with Crippen LogP contribution in [0.5, 0.6) is 0 Å². The van der Waals surface area contributed by atoms with Gasteiger partial charge in [0, 0.05) is 29.3 Å². The molecular weight excluding hydrogens is 442 g/mol. The Balaban J connectivity index is 1.39. The SMILES string of the molecule is C=C(C1CC(C)C(F)C1)N(CC12CCC(C3=NCC(C(F)(F)F)=N3)(CC1)C2)c1cccc(C)c1. The largest absolute Gasteiger partial charge is 0.431 e. The molecule has 2 bridgehead atoms. The van der Waals surface area contributed by atoms with Gasteiger partial charge in [-0.05, 0) is 80.9 Å². The minimum atomic E-state index is -4.41. The van der Waals surface area contributed by atoms with Gasteiger partial charge in [-0.2, -0.15) is 13.2 Å². The number of aryl methyl sites for hydroxylation is 1. The zero-order valence-electron chi connectivity index (χ0n) is 20.0. The summed E-state index contributed by atoms with van der Waals surface area (Å²) in [6.07, 6.45) is 0.403. The number of amidine groups is 1. The average molecular weight is 476 g/mol. The summed E-state index contributed by atoms with van der Waals surface area (Å²) in [4.78, 5) is 10.5. The minimum Gasteiger partial charge on any atom is -0.345 e. The second kappa shape index (κ2) is 8.20. The summed E-state index contributed by atoms with van der Waals surface area (Å²) in [7, 11) is 0. The molecule has 0 saturated heterocycles. The summed E-state index contributed by atoms with van der Waals surface area (Å²) >= 11 is 0. The third-order valence-corrected chi connectivity index (χ3v) is 8.81. The van der Waals surface area contributed by atoms with Gasteiger partial charge in [0.05, 0.1) is 6.54 Å². The summed E-state index contributed by atoms with van der Waals surface area (Å²) in [5, 5.41) is 0. The van der Waals surface area contributed by atoms with Crippen molar-refractivity contribution in [3.05, 3.63) is 42.1 Å². The van der Waals surface area contributed by atoms with Crippen LogP contribution in [-0.2, 0) is 0 Å². The van der Waals surface area contributed by atoms with Gasteiger partial charge in [-0.15, -0.1) is 0 Å². The Kier molecular flexibility index (Phi) is 5.68. The zero-order chi connectivity index (χ0) is 24.3. The van der Waals surface area contributed by atoms with E-state index in [0.717, 1.165) is 62.0 Å². The van der Waals surface area contributed by atoms with E-state index < -0.39 is 18.1 Å². The van der Waals surface area contributed by atoms with E-state index in [9.17, 15) is 17.6 Å². The molecule has 3 nitrogen and oxygen atoms in total. The molecule has 3 atom stereocenters. The highest BCUT2D eigenvalue weighted by molar-refractivity contribution is 6.08. The van der Waals surface area contributed by atoms with E-state index in [2.05, 4.69) is 46.6 Å². The Labute approximate surface area is 199 Å². The first-order valence-corrected chi connectivity index (χ1v) is 12.4. The van der Waals surface area contributed by atoms with E-state index in [-0.39, 0.29) is 29.2 Å². The van der Waals surface area contributed by atoms with Crippen molar-refractivity contribution in [2.45, 2.75) is 71.1 Å². The van der Waals surface area contributed by atoms with Gasteiger partial charge >= 0.3 is 6.18 Å². The highest BCUT2D eigenvalue weighted by Gasteiger charge is 2.58. The van der Waals surface area contributed by atoms with E-state index in [4.69, 9.17) is 0 Å². The van der Waals surface area contributed by atoms with Gasteiger partial charge in [-0.1, -0.05) is 25.6 Å². The van der Waals surface area contributed by atoms with Gasteiger partial charge in [0.25, 0.3) is 0 Å². The number of allylic oxidation sites excluding steroid dienone is 1. The molecule has 0 N–H and O–H groups in total. The molecule has 0 radical (unpaired) electrons. The van der Waals surface area contributed by atoms with Gasteiger partial charge < -0.3 is 4.90 Å².